The number of hydrogen-bond donors (Lipinski definition) is 2. The van der Waals surface area contributed by atoms with E-state index in [0.29, 0.717) is 16.5 Å². The van der Waals surface area contributed by atoms with Crippen molar-refractivity contribution >= 4 is 23.3 Å². The molecule has 0 bridgehead atoms. The highest BCUT2D eigenvalue weighted by Crippen LogP contribution is 2.34. The van der Waals surface area contributed by atoms with Crippen molar-refractivity contribution in [3.8, 4) is 0 Å². The monoisotopic (exact) mass is 265 g/mol. The third kappa shape index (κ3) is 2.53. The van der Waals surface area contributed by atoms with Gasteiger partial charge in [0.2, 0.25) is 0 Å². The van der Waals surface area contributed by atoms with Crippen LogP contribution in [0, 0.1) is 0 Å². The molecular formula is C10H11ClF3N3. The van der Waals surface area contributed by atoms with Gasteiger partial charge in [0, 0.05) is 11.4 Å². The minimum Gasteiger partial charge on any atom is -0.324 e. The number of hydrogen-bond acceptors (Lipinski definition) is 2. The van der Waals surface area contributed by atoms with E-state index in [4.69, 9.17) is 5.73 Å². The van der Waals surface area contributed by atoms with Gasteiger partial charge in [0.1, 0.15) is 0 Å². The number of fused-ring (bicyclic) bond motifs is 1. The van der Waals surface area contributed by atoms with Gasteiger partial charge in [-0.15, -0.1) is 12.4 Å². The van der Waals surface area contributed by atoms with Gasteiger partial charge in [-0.25, -0.2) is 0 Å². The molecule has 1 aromatic carbocycles. The smallest absolute Gasteiger partial charge is 0.324 e. The summed E-state index contributed by atoms with van der Waals surface area (Å²) in [6.45, 7) is 1.64. The van der Waals surface area contributed by atoms with Crippen LogP contribution in [-0.2, 0) is 6.18 Å². The highest BCUT2D eigenvalue weighted by Gasteiger charge is 2.31. The molecule has 3 N–H and O–H groups in total. The molecule has 1 aromatic heterocycles. The molecule has 0 amide bonds. The van der Waals surface area contributed by atoms with Gasteiger partial charge in [-0.2, -0.15) is 18.3 Å². The van der Waals surface area contributed by atoms with Crippen molar-refractivity contribution in [2.45, 2.75) is 19.1 Å². The molecule has 1 atom stereocenters. The summed E-state index contributed by atoms with van der Waals surface area (Å²) in [4.78, 5) is 0. The normalized spacial score (nSPS) is 13.5. The summed E-state index contributed by atoms with van der Waals surface area (Å²) in [6, 6.07) is 1.64. The van der Waals surface area contributed by atoms with E-state index in [1.54, 1.807) is 6.92 Å². The molecular weight excluding hydrogens is 255 g/mol. The Morgan fingerprint density at radius 1 is 1.35 bits per heavy atom. The molecule has 94 valence electrons. The number of alkyl halides is 3. The maximum atomic E-state index is 12.6. The van der Waals surface area contributed by atoms with Crippen molar-refractivity contribution in [3.63, 3.8) is 0 Å². The van der Waals surface area contributed by atoms with Crippen LogP contribution in [0.4, 0.5) is 13.2 Å². The van der Waals surface area contributed by atoms with Crippen LogP contribution in [-0.4, -0.2) is 10.2 Å². The molecule has 0 radical (unpaired) electrons. The first-order chi connectivity index (χ1) is 7.39. The number of nitrogens with one attached hydrogen (secondary N) is 1. The Labute approximate surface area is 102 Å². The fourth-order valence-corrected chi connectivity index (χ4v) is 1.62. The number of aromatic amines is 1. The van der Waals surface area contributed by atoms with Crippen LogP contribution in [0.25, 0.3) is 10.9 Å². The van der Waals surface area contributed by atoms with Crippen LogP contribution in [0.15, 0.2) is 18.3 Å². The van der Waals surface area contributed by atoms with Gasteiger partial charge in [0.05, 0.1) is 17.3 Å². The lowest BCUT2D eigenvalue weighted by atomic mass is 10.0. The lowest BCUT2D eigenvalue weighted by molar-refractivity contribution is -0.137. The predicted molar refractivity (Wildman–Crippen MR) is 60.9 cm³/mol. The first-order valence-electron chi connectivity index (χ1n) is 4.69. The number of benzene rings is 1. The number of nitrogens with two attached hydrogens (primary N) is 1. The Hall–Kier alpha value is -1.27. The summed E-state index contributed by atoms with van der Waals surface area (Å²) in [5, 5.41) is 6.87. The van der Waals surface area contributed by atoms with Crippen LogP contribution in [0.5, 0.6) is 0 Å². The largest absolute Gasteiger partial charge is 0.416 e. The standard InChI is InChI=1S/C10H10F3N3.ClH/c1-5(14)7-2-6(10(11,12)13)3-9-8(7)4-15-16-9;/h2-5H,14H2,1H3,(H,15,16);1H/t5-;/m1./s1. The first-order valence-corrected chi connectivity index (χ1v) is 4.69. The Morgan fingerprint density at radius 2 is 2.00 bits per heavy atom. The molecule has 0 aliphatic heterocycles. The van der Waals surface area contributed by atoms with Crippen LogP contribution >= 0.6 is 12.4 Å². The van der Waals surface area contributed by atoms with Gasteiger partial charge in [0.25, 0.3) is 0 Å². The van der Waals surface area contributed by atoms with Crippen molar-refractivity contribution < 1.29 is 13.2 Å². The average molecular weight is 266 g/mol. The van der Waals surface area contributed by atoms with E-state index >= 15 is 0 Å². The Kier molecular flexibility index (Phi) is 3.68. The molecule has 0 saturated carbocycles. The molecule has 2 aromatic rings. The quantitative estimate of drug-likeness (QED) is 0.833. The van der Waals surface area contributed by atoms with Crippen molar-refractivity contribution in [1.29, 1.82) is 0 Å². The third-order valence-electron chi connectivity index (χ3n) is 2.41. The maximum absolute atomic E-state index is 12.6. The first kappa shape index (κ1) is 13.8. The molecule has 0 aliphatic carbocycles. The summed E-state index contributed by atoms with van der Waals surface area (Å²) in [5.41, 5.74) is 5.72. The summed E-state index contributed by atoms with van der Waals surface area (Å²) in [5.74, 6) is 0. The van der Waals surface area contributed by atoms with Crippen LogP contribution in [0.3, 0.4) is 0 Å². The van der Waals surface area contributed by atoms with Crippen LogP contribution in [0.1, 0.15) is 24.1 Å². The average Bonchev–Trinajstić information content (AvgIpc) is 2.61. The van der Waals surface area contributed by atoms with Crippen LogP contribution < -0.4 is 5.73 Å². The highest BCUT2D eigenvalue weighted by atomic mass is 35.5. The topological polar surface area (TPSA) is 54.7 Å². The van der Waals surface area contributed by atoms with E-state index < -0.39 is 17.8 Å². The minimum absolute atomic E-state index is 0. The minimum atomic E-state index is -4.37. The SMILES string of the molecule is C[C@@H](N)c1cc(C(F)(F)F)cc2[nH]ncc12.Cl. The lowest BCUT2D eigenvalue weighted by Crippen LogP contribution is -2.10. The van der Waals surface area contributed by atoms with E-state index in [1.807, 2.05) is 0 Å². The molecule has 3 nitrogen and oxygen atoms in total. The van der Waals surface area contributed by atoms with E-state index in [-0.39, 0.29) is 12.4 Å². The zero-order valence-electron chi connectivity index (χ0n) is 8.88. The summed E-state index contributed by atoms with van der Waals surface area (Å²) < 4.78 is 37.8. The fourth-order valence-electron chi connectivity index (χ4n) is 1.62. The van der Waals surface area contributed by atoms with Gasteiger partial charge >= 0.3 is 6.18 Å². The van der Waals surface area contributed by atoms with Gasteiger partial charge in [0.15, 0.2) is 0 Å². The van der Waals surface area contributed by atoms with Gasteiger partial charge in [-0.1, -0.05) is 0 Å². The summed E-state index contributed by atoms with van der Waals surface area (Å²) in [6.07, 6.45) is -2.89. The molecule has 7 heteroatoms. The van der Waals surface area contributed by atoms with Gasteiger partial charge in [-0.05, 0) is 24.6 Å². The maximum Gasteiger partial charge on any atom is 0.416 e. The number of H-pyrrole nitrogens is 1. The number of rotatable bonds is 1. The second kappa shape index (κ2) is 4.54. The summed E-state index contributed by atoms with van der Waals surface area (Å²) in [7, 11) is 0. The van der Waals surface area contributed by atoms with Gasteiger partial charge in [-0.3, -0.25) is 5.10 Å². The van der Waals surface area contributed by atoms with Crippen molar-refractivity contribution in [2.75, 3.05) is 0 Å². The molecule has 0 unspecified atom stereocenters. The molecule has 0 aliphatic rings. The Bertz CT molecular complexity index is 519. The lowest BCUT2D eigenvalue weighted by Gasteiger charge is -2.12. The second-order valence-corrected chi connectivity index (χ2v) is 3.68. The molecule has 0 fully saturated rings. The molecule has 17 heavy (non-hydrogen) atoms. The second-order valence-electron chi connectivity index (χ2n) is 3.68. The van der Waals surface area contributed by atoms with Crippen LogP contribution in [0.2, 0.25) is 0 Å². The fraction of sp³-hybridized carbons (Fsp3) is 0.300. The molecule has 0 spiro atoms. The number of nitrogens with zero attached hydrogens (tertiary/aromatic N) is 1. The van der Waals surface area contributed by atoms with E-state index in [2.05, 4.69) is 10.2 Å². The zero-order valence-corrected chi connectivity index (χ0v) is 9.69. The zero-order chi connectivity index (χ0) is 11.9. The third-order valence-corrected chi connectivity index (χ3v) is 2.41. The van der Waals surface area contributed by atoms with Crippen molar-refractivity contribution in [2.24, 2.45) is 5.73 Å². The summed E-state index contributed by atoms with van der Waals surface area (Å²) >= 11 is 0. The van der Waals surface area contributed by atoms with E-state index in [0.717, 1.165) is 12.1 Å². The number of aromatic nitrogens is 2. The van der Waals surface area contributed by atoms with E-state index in [1.165, 1.54) is 6.20 Å². The van der Waals surface area contributed by atoms with Gasteiger partial charge < -0.3 is 5.73 Å². The molecule has 0 saturated heterocycles. The predicted octanol–water partition coefficient (Wildman–Crippen LogP) is 3.02. The Balaban J connectivity index is 0.00000144. The van der Waals surface area contributed by atoms with Crippen molar-refractivity contribution in [1.82, 2.24) is 10.2 Å². The molecule has 1 heterocycles. The number of halogens is 4. The molecule has 2 rings (SSSR count). The Morgan fingerprint density at radius 3 is 2.53 bits per heavy atom. The highest BCUT2D eigenvalue weighted by molar-refractivity contribution is 5.85. The van der Waals surface area contributed by atoms with E-state index in [9.17, 15) is 13.2 Å². The van der Waals surface area contributed by atoms with Crippen molar-refractivity contribution in [3.05, 3.63) is 29.5 Å².